The number of urea groups is 1. The van der Waals surface area contributed by atoms with Crippen molar-refractivity contribution in [2.75, 3.05) is 19.6 Å². The van der Waals surface area contributed by atoms with Crippen molar-refractivity contribution in [1.29, 1.82) is 0 Å². The molecule has 1 saturated heterocycles. The van der Waals surface area contributed by atoms with Crippen molar-refractivity contribution < 1.29 is 19.5 Å². The number of amides is 3. The summed E-state index contributed by atoms with van der Waals surface area (Å²) >= 11 is 0. The Balaban J connectivity index is 2.44. The fraction of sp³-hybridized carbons (Fsp3) is 0.727. The Hall–Kier alpha value is -1.79. The van der Waals surface area contributed by atoms with E-state index >= 15 is 0 Å². The summed E-state index contributed by atoms with van der Waals surface area (Å²) in [6.07, 6.45) is 0.449. The Kier molecular flexibility index (Phi) is 4.94. The summed E-state index contributed by atoms with van der Waals surface area (Å²) in [4.78, 5) is 35.3. The Bertz CT molecular complexity index is 345. The molecule has 18 heavy (non-hydrogen) atoms. The summed E-state index contributed by atoms with van der Waals surface area (Å²) in [6.45, 7) is 4.32. The van der Waals surface area contributed by atoms with E-state index in [0.29, 0.717) is 19.5 Å². The molecule has 0 aliphatic carbocycles. The zero-order valence-corrected chi connectivity index (χ0v) is 10.6. The molecule has 1 heterocycles. The first-order valence-corrected chi connectivity index (χ1v) is 6.01. The number of likely N-dealkylation sites (N-methyl/N-ethyl adjacent to an activating group) is 1. The van der Waals surface area contributed by atoms with E-state index in [1.54, 1.807) is 13.8 Å². The first-order chi connectivity index (χ1) is 8.47. The Labute approximate surface area is 106 Å². The lowest BCUT2D eigenvalue weighted by Gasteiger charge is -2.23. The number of hydrogen-bond acceptors (Lipinski definition) is 3. The van der Waals surface area contributed by atoms with E-state index < -0.39 is 17.9 Å². The number of carbonyl (C=O) groups excluding carboxylic acids is 2. The van der Waals surface area contributed by atoms with Crippen LogP contribution in [-0.4, -0.2) is 53.6 Å². The van der Waals surface area contributed by atoms with Crippen molar-refractivity contribution >= 4 is 17.9 Å². The highest BCUT2D eigenvalue weighted by Gasteiger charge is 2.38. The molecule has 1 aliphatic rings. The van der Waals surface area contributed by atoms with Crippen molar-refractivity contribution in [3.8, 4) is 0 Å². The second kappa shape index (κ2) is 6.23. The lowest BCUT2D eigenvalue weighted by atomic mass is 10.0. The average molecular weight is 257 g/mol. The van der Waals surface area contributed by atoms with E-state index in [4.69, 9.17) is 5.11 Å². The first kappa shape index (κ1) is 14.3. The molecular weight excluding hydrogens is 238 g/mol. The molecular formula is C11H19N3O4. The summed E-state index contributed by atoms with van der Waals surface area (Å²) in [6, 6.07) is -0.741. The molecule has 0 bridgehead atoms. The third-order valence-electron chi connectivity index (χ3n) is 3.11. The van der Waals surface area contributed by atoms with Gasteiger partial charge in [-0.25, -0.2) is 4.79 Å². The number of rotatable bonds is 4. The van der Waals surface area contributed by atoms with Crippen molar-refractivity contribution in [3.63, 3.8) is 0 Å². The quantitative estimate of drug-likeness (QED) is 0.639. The average Bonchev–Trinajstić information content (AvgIpc) is 2.68. The summed E-state index contributed by atoms with van der Waals surface area (Å²) in [7, 11) is 0. The van der Waals surface area contributed by atoms with Crippen molar-refractivity contribution in [2.24, 2.45) is 5.92 Å². The van der Waals surface area contributed by atoms with E-state index in [1.807, 2.05) is 0 Å². The van der Waals surface area contributed by atoms with Gasteiger partial charge in [-0.3, -0.25) is 9.59 Å². The molecule has 0 radical (unpaired) electrons. The minimum atomic E-state index is -0.887. The molecule has 1 aliphatic heterocycles. The second-order valence-electron chi connectivity index (χ2n) is 4.28. The van der Waals surface area contributed by atoms with Crippen LogP contribution in [0, 0.1) is 5.92 Å². The molecule has 1 rings (SSSR count). The molecule has 0 aromatic carbocycles. The molecule has 3 N–H and O–H groups in total. The second-order valence-corrected chi connectivity index (χ2v) is 4.28. The molecule has 0 spiro atoms. The van der Waals surface area contributed by atoms with Crippen molar-refractivity contribution in [2.45, 2.75) is 26.3 Å². The zero-order chi connectivity index (χ0) is 13.7. The third kappa shape index (κ3) is 3.35. The van der Waals surface area contributed by atoms with Crippen LogP contribution in [0.15, 0.2) is 0 Å². The van der Waals surface area contributed by atoms with Crippen LogP contribution in [-0.2, 0) is 9.59 Å². The Morgan fingerprint density at radius 3 is 2.50 bits per heavy atom. The van der Waals surface area contributed by atoms with Gasteiger partial charge in [0, 0.05) is 19.1 Å². The van der Waals surface area contributed by atoms with Crippen LogP contribution in [0.25, 0.3) is 0 Å². The predicted octanol–water partition coefficient (Wildman–Crippen LogP) is -0.373. The lowest BCUT2D eigenvalue weighted by molar-refractivity contribution is -0.142. The van der Waals surface area contributed by atoms with Crippen LogP contribution >= 0.6 is 0 Å². The van der Waals surface area contributed by atoms with E-state index in [-0.39, 0.29) is 18.5 Å². The number of carboxylic acid groups (broad SMARTS) is 1. The highest BCUT2D eigenvalue weighted by atomic mass is 16.4. The molecule has 0 saturated carbocycles. The molecule has 3 amide bonds. The fourth-order valence-corrected chi connectivity index (χ4v) is 2.07. The van der Waals surface area contributed by atoms with E-state index in [1.165, 1.54) is 4.90 Å². The summed E-state index contributed by atoms with van der Waals surface area (Å²) < 4.78 is 0. The molecule has 2 atom stereocenters. The molecule has 0 aromatic heterocycles. The van der Waals surface area contributed by atoms with E-state index in [0.717, 1.165) is 0 Å². The Morgan fingerprint density at radius 1 is 1.33 bits per heavy atom. The minimum Gasteiger partial charge on any atom is -0.481 e. The number of aliphatic carboxylic acids is 1. The zero-order valence-electron chi connectivity index (χ0n) is 10.6. The SMILES string of the molecule is CCNC(=O)CNC(=O)N1CCC(C(=O)O)C1C. The maximum absolute atomic E-state index is 11.8. The highest BCUT2D eigenvalue weighted by molar-refractivity contribution is 5.84. The van der Waals surface area contributed by atoms with Crippen LogP contribution in [0.4, 0.5) is 4.79 Å². The van der Waals surface area contributed by atoms with Crippen LogP contribution in [0.2, 0.25) is 0 Å². The van der Waals surface area contributed by atoms with Crippen LogP contribution < -0.4 is 10.6 Å². The van der Waals surface area contributed by atoms with Gasteiger partial charge in [-0.05, 0) is 20.3 Å². The van der Waals surface area contributed by atoms with Gasteiger partial charge in [0.2, 0.25) is 5.91 Å². The number of nitrogens with one attached hydrogen (secondary N) is 2. The van der Waals surface area contributed by atoms with Crippen molar-refractivity contribution in [1.82, 2.24) is 15.5 Å². The summed E-state index contributed by atoms with van der Waals surface area (Å²) in [5, 5.41) is 14.0. The van der Waals surface area contributed by atoms with Crippen LogP contribution in [0.5, 0.6) is 0 Å². The van der Waals surface area contributed by atoms with Gasteiger partial charge < -0.3 is 20.6 Å². The third-order valence-corrected chi connectivity index (χ3v) is 3.11. The van der Waals surface area contributed by atoms with Gasteiger partial charge in [0.15, 0.2) is 0 Å². The van der Waals surface area contributed by atoms with Crippen molar-refractivity contribution in [3.05, 3.63) is 0 Å². The van der Waals surface area contributed by atoms with Gasteiger partial charge in [0.05, 0.1) is 12.5 Å². The number of nitrogens with zero attached hydrogens (tertiary/aromatic N) is 1. The van der Waals surface area contributed by atoms with E-state index in [9.17, 15) is 14.4 Å². The largest absolute Gasteiger partial charge is 0.481 e. The maximum Gasteiger partial charge on any atom is 0.318 e. The minimum absolute atomic E-state index is 0.0897. The molecule has 1 fully saturated rings. The molecule has 2 unspecified atom stereocenters. The Morgan fingerprint density at radius 2 is 2.00 bits per heavy atom. The van der Waals surface area contributed by atoms with Crippen LogP contribution in [0.1, 0.15) is 20.3 Å². The number of likely N-dealkylation sites (tertiary alicyclic amines) is 1. The fourth-order valence-electron chi connectivity index (χ4n) is 2.07. The lowest BCUT2D eigenvalue weighted by Crippen LogP contribution is -2.46. The number of hydrogen-bond donors (Lipinski definition) is 3. The number of carboxylic acids is 1. The first-order valence-electron chi connectivity index (χ1n) is 6.01. The molecule has 7 nitrogen and oxygen atoms in total. The number of carbonyl (C=O) groups is 3. The van der Waals surface area contributed by atoms with Gasteiger partial charge in [-0.15, -0.1) is 0 Å². The summed E-state index contributed by atoms with van der Waals surface area (Å²) in [5.41, 5.74) is 0. The molecule has 7 heteroatoms. The standard InChI is InChI=1S/C11H19N3O4/c1-3-12-9(15)6-13-11(18)14-5-4-8(7(14)2)10(16)17/h7-8H,3-6H2,1-2H3,(H,12,15)(H,13,18)(H,16,17). The normalized spacial score (nSPS) is 22.7. The predicted molar refractivity (Wildman–Crippen MR) is 64.0 cm³/mol. The van der Waals surface area contributed by atoms with E-state index in [2.05, 4.69) is 10.6 Å². The monoisotopic (exact) mass is 257 g/mol. The smallest absolute Gasteiger partial charge is 0.318 e. The molecule has 102 valence electrons. The summed E-state index contributed by atoms with van der Waals surface area (Å²) in [5.74, 6) is -1.67. The van der Waals surface area contributed by atoms with Crippen LogP contribution in [0.3, 0.4) is 0 Å². The highest BCUT2D eigenvalue weighted by Crippen LogP contribution is 2.23. The van der Waals surface area contributed by atoms with Gasteiger partial charge in [-0.1, -0.05) is 0 Å². The van der Waals surface area contributed by atoms with Gasteiger partial charge in [0.25, 0.3) is 0 Å². The molecule has 0 aromatic rings. The topological polar surface area (TPSA) is 98.7 Å². The van der Waals surface area contributed by atoms with Gasteiger partial charge in [-0.2, -0.15) is 0 Å². The van der Waals surface area contributed by atoms with Gasteiger partial charge >= 0.3 is 12.0 Å². The maximum atomic E-state index is 11.8. The van der Waals surface area contributed by atoms with Gasteiger partial charge in [0.1, 0.15) is 0 Å².